The maximum absolute atomic E-state index is 12.6. The lowest BCUT2D eigenvalue weighted by molar-refractivity contribution is 0.597. The predicted octanol–water partition coefficient (Wildman–Crippen LogP) is 7.61. The summed E-state index contributed by atoms with van der Waals surface area (Å²) < 4.78 is 12.6. The highest BCUT2D eigenvalue weighted by Gasteiger charge is 2.26. The Hall–Kier alpha value is -1.50. The standard InChI is InChI=1S/C20H12Cl3OP/c21-17-11-9-13-5-1-3-7-15(13)19(17)20-16-8-4-2-6-14(16)10-12-18(20)25(22,23)24/h1-12H. The van der Waals surface area contributed by atoms with Crippen molar-refractivity contribution in [3.63, 3.8) is 0 Å². The van der Waals surface area contributed by atoms with E-state index in [1.807, 2.05) is 66.7 Å². The fourth-order valence-corrected chi connectivity index (χ4v) is 5.08. The summed E-state index contributed by atoms with van der Waals surface area (Å²) >= 11 is 18.8. The van der Waals surface area contributed by atoms with E-state index in [1.54, 1.807) is 6.07 Å². The fraction of sp³-hybridized carbons (Fsp3) is 0. The molecule has 0 aliphatic carbocycles. The Morgan fingerprint density at radius 1 is 0.640 bits per heavy atom. The van der Waals surface area contributed by atoms with Gasteiger partial charge < -0.3 is 0 Å². The molecule has 0 aromatic heterocycles. The largest absolute Gasteiger partial charge is 0.284 e. The lowest BCUT2D eigenvalue weighted by atomic mass is 9.94. The zero-order chi connectivity index (χ0) is 17.6. The SMILES string of the molecule is O=P(Cl)(Cl)c1ccc2ccccc2c1-c1c(Cl)ccc2ccccc12. The third kappa shape index (κ3) is 2.96. The molecule has 0 bridgehead atoms. The molecule has 0 spiro atoms. The normalized spacial score (nSPS) is 12.0. The van der Waals surface area contributed by atoms with Gasteiger partial charge in [0, 0.05) is 21.5 Å². The zero-order valence-electron chi connectivity index (χ0n) is 12.9. The quantitative estimate of drug-likeness (QED) is 0.314. The van der Waals surface area contributed by atoms with Gasteiger partial charge >= 0.3 is 0 Å². The predicted molar refractivity (Wildman–Crippen MR) is 111 cm³/mol. The van der Waals surface area contributed by atoms with E-state index in [-0.39, 0.29) is 0 Å². The summed E-state index contributed by atoms with van der Waals surface area (Å²) in [6, 6.07) is 23.2. The zero-order valence-corrected chi connectivity index (χ0v) is 16.1. The minimum atomic E-state index is -3.54. The molecule has 0 aliphatic rings. The van der Waals surface area contributed by atoms with Crippen molar-refractivity contribution < 1.29 is 4.57 Å². The van der Waals surface area contributed by atoms with Crippen molar-refractivity contribution in [3.05, 3.63) is 77.8 Å². The molecule has 0 heterocycles. The highest BCUT2D eigenvalue weighted by Crippen LogP contribution is 2.58. The first-order chi connectivity index (χ1) is 12.0. The van der Waals surface area contributed by atoms with Gasteiger partial charge in [-0.25, -0.2) is 0 Å². The monoisotopic (exact) mass is 404 g/mol. The van der Waals surface area contributed by atoms with Crippen molar-refractivity contribution in [2.24, 2.45) is 0 Å². The molecule has 5 heteroatoms. The molecule has 25 heavy (non-hydrogen) atoms. The molecule has 124 valence electrons. The molecular formula is C20H12Cl3OP. The Labute approximate surface area is 160 Å². The average Bonchev–Trinajstić information content (AvgIpc) is 2.60. The second-order valence-electron chi connectivity index (χ2n) is 5.79. The van der Waals surface area contributed by atoms with E-state index in [9.17, 15) is 4.57 Å². The first-order valence-electron chi connectivity index (χ1n) is 7.66. The second kappa shape index (κ2) is 6.34. The van der Waals surface area contributed by atoms with Gasteiger partial charge in [-0.2, -0.15) is 0 Å². The van der Waals surface area contributed by atoms with Crippen LogP contribution in [0.4, 0.5) is 0 Å². The van der Waals surface area contributed by atoms with Crippen molar-refractivity contribution in [3.8, 4) is 11.1 Å². The molecule has 0 amide bonds. The summed E-state index contributed by atoms with van der Waals surface area (Å²) in [4.78, 5) is 0. The van der Waals surface area contributed by atoms with E-state index < -0.39 is 5.85 Å². The van der Waals surface area contributed by atoms with Gasteiger partial charge in [-0.1, -0.05) is 72.3 Å². The van der Waals surface area contributed by atoms with Gasteiger partial charge in [0.25, 0.3) is 5.85 Å². The van der Waals surface area contributed by atoms with E-state index in [2.05, 4.69) is 0 Å². The van der Waals surface area contributed by atoms with Crippen molar-refractivity contribution >= 4 is 66.8 Å². The van der Waals surface area contributed by atoms with Crippen LogP contribution in [-0.2, 0) is 4.57 Å². The molecule has 1 nitrogen and oxygen atoms in total. The van der Waals surface area contributed by atoms with Crippen LogP contribution in [0.5, 0.6) is 0 Å². The Morgan fingerprint density at radius 3 is 1.76 bits per heavy atom. The van der Waals surface area contributed by atoms with Crippen LogP contribution in [0.2, 0.25) is 5.02 Å². The smallest absolute Gasteiger partial charge is 0.282 e. The number of halogens is 3. The van der Waals surface area contributed by atoms with E-state index >= 15 is 0 Å². The van der Waals surface area contributed by atoms with Gasteiger partial charge in [0.05, 0.1) is 0 Å². The maximum Gasteiger partial charge on any atom is 0.282 e. The van der Waals surface area contributed by atoms with Gasteiger partial charge in [-0.3, -0.25) is 4.57 Å². The van der Waals surface area contributed by atoms with E-state index in [1.165, 1.54) is 0 Å². The van der Waals surface area contributed by atoms with Crippen LogP contribution in [0.15, 0.2) is 72.8 Å². The third-order valence-corrected chi connectivity index (χ3v) is 6.66. The van der Waals surface area contributed by atoms with Crippen molar-refractivity contribution in [1.82, 2.24) is 0 Å². The summed E-state index contributed by atoms with van der Waals surface area (Å²) in [5.41, 5.74) is 1.53. The lowest BCUT2D eigenvalue weighted by Gasteiger charge is -2.17. The van der Waals surface area contributed by atoms with Gasteiger partial charge in [0.2, 0.25) is 0 Å². The molecule has 0 radical (unpaired) electrons. The van der Waals surface area contributed by atoms with E-state index in [0.29, 0.717) is 10.3 Å². The molecule has 0 atom stereocenters. The highest BCUT2D eigenvalue weighted by atomic mass is 35.9. The van der Waals surface area contributed by atoms with Crippen LogP contribution >= 0.6 is 39.9 Å². The van der Waals surface area contributed by atoms with Crippen LogP contribution in [0, 0.1) is 0 Å². The average molecular weight is 406 g/mol. The van der Waals surface area contributed by atoms with E-state index in [4.69, 9.17) is 34.1 Å². The van der Waals surface area contributed by atoms with Crippen molar-refractivity contribution in [2.75, 3.05) is 0 Å². The molecule has 0 fully saturated rings. The molecule has 0 N–H and O–H groups in total. The number of rotatable bonds is 2. The van der Waals surface area contributed by atoms with Crippen LogP contribution in [0.1, 0.15) is 0 Å². The van der Waals surface area contributed by atoms with E-state index in [0.717, 1.165) is 32.7 Å². The molecule has 4 aromatic carbocycles. The van der Waals surface area contributed by atoms with Gasteiger partial charge in [-0.05, 0) is 56.2 Å². The number of hydrogen-bond acceptors (Lipinski definition) is 1. The number of hydrogen-bond donors (Lipinski definition) is 0. The Kier molecular flexibility index (Phi) is 4.30. The molecular weight excluding hydrogens is 394 g/mol. The molecule has 0 aliphatic heterocycles. The summed E-state index contributed by atoms with van der Waals surface area (Å²) in [7, 11) is 0. The minimum Gasteiger partial charge on any atom is -0.284 e. The highest BCUT2D eigenvalue weighted by molar-refractivity contribution is 8.13. The fourth-order valence-electron chi connectivity index (χ4n) is 3.24. The molecule has 0 saturated heterocycles. The summed E-state index contributed by atoms with van der Waals surface area (Å²) in [6.07, 6.45) is 0. The summed E-state index contributed by atoms with van der Waals surface area (Å²) in [5.74, 6) is -3.54. The summed E-state index contributed by atoms with van der Waals surface area (Å²) in [5, 5.41) is 4.91. The molecule has 4 rings (SSSR count). The Bertz CT molecular complexity index is 1160. The number of fused-ring (bicyclic) bond motifs is 2. The van der Waals surface area contributed by atoms with Crippen molar-refractivity contribution in [1.29, 1.82) is 0 Å². The Balaban J connectivity index is 2.25. The lowest BCUT2D eigenvalue weighted by Crippen LogP contribution is -2.04. The van der Waals surface area contributed by atoms with Gasteiger partial charge in [-0.15, -0.1) is 0 Å². The second-order valence-corrected chi connectivity index (χ2v) is 11.0. The molecule has 0 saturated carbocycles. The van der Waals surface area contributed by atoms with Crippen LogP contribution in [0.25, 0.3) is 32.7 Å². The van der Waals surface area contributed by atoms with Gasteiger partial charge in [0.1, 0.15) is 0 Å². The first-order valence-corrected chi connectivity index (χ1v) is 11.6. The minimum absolute atomic E-state index is 0.410. The molecule has 4 aromatic rings. The van der Waals surface area contributed by atoms with Crippen molar-refractivity contribution in [2.45, 2.75) is 0 Å². The maximum atomic E-state index is 12.6. The topological polar surface area (TPSA) is 17.1 Å². The molecule has 0 unspecified atom stereocenters. The van der Waals surface area contributed by atoms with Crippen LogP contribution < -0.4 is 5.30 Å². The summed E-state index contributed by atoms with van der Waals surface area (Å²) in [6.45, 7) is 0. The van der Waals surface area contributed by atoms with Crippen LogP contribution in [-0.4, -0.2) is 0 Å². The number of benzene rings is 4. The van der Waals surface area contributed by atoms with Crippen LogP contribution in [0.3, 0.4) is 0 Å². The van der Waals surface area contributed by atoms with Gasteiger partial charge in [0.15, 0.2) is 0 Å². The first kappa shape index (κ1) is 16.9. The third-order valence-electron chi connectivity index (χ3n) is 4.32. The Morgan fingerprint density at radius 2 is 1.16 bits per heavy atom.